The number of nitrogens with zero attached hydrogens (tertiary/aromatic N) is 1. The summed E-state index contributed by atoms with van der Waals surface area (Å²) in [7, 11) is 0. The summed E-state index contributed by atoms with van der Waals surface area (Å²) in [6, 6.07) is 8.73. The molecule has 3 N–H and O–H groups in total. The lowest BCUT2D eigenvalue weighted by atomic mass is 9.98. The van der Waals surface area contributed by atoms with Gasteiger partial charge in [-0.2, -0.15) is 5.10 Å². The van der Waals surface area contributed by atoms with Crippen LogP contribution in [-0.2, 0) is 25.4 Å². The first kappa shape index (κ1) is 20.5. The summed E-state index contributed by atoms with van der Waals surface area (Å²) in [5, 5.41) is 12.5. The highest BCUT2D eigenvalue weighted by molar-refractivity contribution is 5.99. The van der Waals surface area contributed by atoms with Crippen molar-refractivity contribution >= 4 is 23.8 Å². The zero-order valence-electron chi connectivity index (χ0n) is 17.6. The fourth-order valence-electron chi connectivity index (χ4n) is 3.89. The van der Waals surface area contributed by atoms with Gasteiger partial charge in [0.25, 0.3) is 5.91 Å². The lowest BCUT2D eigenvalue weighted by Crippen LogP contribution is -2.38. The molecule has 3 heterocycles. The highest BCUT2D eigenvalue weighted by Gasteiger charge is 2.40. The monoisotopic (exact) mass is 440 g/mol. The summed E-state index contributed by atoms with van der Waals surface area (Å²) in [5.74, 6) is -0.670. The second-order valence-electron chi connectivity index (χ2n) is 8.72. The maximum atomic E-state index is 12.6. The number of carbonyl (C=O) groups excluding carboxylic acids is 3. The third-order valence-electron chi connectivity index (χ3n) is 6.02. The minimum atomic E-state index is -0.926. The lowest BCUT2D eigenvalue weighted by Gasteiger charge is -2.23. The number of benzene rings is 1. The SMILES string of the molecule is CC1(NC(=O)O[C@@H]2CO[C@H](c3cc(NC(=O)[C@@H]4Cc5ccccc5C(=O)O4)n[nH]3)C2)CC1. The van der Waals surface area contributed by atoms with Crippen LogP contribution in [0.5, 0.6) is 0 Å². The van der Waals surface area contributed by atoms with Crippen molar-refractivity contribution in [3.63, 3.8) is 0 Å². The molecule has 3 aliphatic rings. The number of hydrogen-bond acceptors (Lipinski definition) is 7. The van der Waals surface area contributed by atoms with Gasteiger partial charge in [0.1, 0.15) is 12.2 Å². The van der Waals surface area contributed by atoms with Crippen molar-refractivity contribution in [2.75, 3.05) is 11.9 Å². The number of rotatable bonds is 5. The van der Waals surface area contributed by atoms with Gasteiger partial charge >= 0.3 is 12.1 Å². The van der Waals surface area contributed by atoms with Gasteiger partial charge in [-0.3, -0.25) is 9.89 Å². The summed E-state index contributed by atoms with van der Waals surface area (Å²) in [6.07, 6.45) is 0.660. The molecule has 2 aliphatic heterocycles. The maximum absolute atomic E-state index is 12.6. The van der Waals surface area contributed by atoms with Crippen LogP contribution in [0.3, 0.4) is 0 Å². The van der Waals surface area contributed by atoms with Gasteiger partial charge in [0.05, 0.1) is 17.9 Å². The number of esters is 1. The highest BCUT2D eigenvalue weighted by atomic mass is 16.6. The van der Waals surface area contributed by atoms with Crippen molar-refractivity contribution in [1.29, 1.82) is 0 Å². The summed E-state index contributed by atoms with van der Waals surface area (Å²) >= 11 is 0. The molecule has 10 nitrogen and oxygen atoms in total. The van der Waals surface area contributed by atoms with Crippen molar-refractivity contribution in [3.05, 3.63) is 47.2 Å². The average Bonchev–Trinajstić information content (AvgIpc) is 3.14. The molecule has 3 atom stereocenters. The van der Waals surface area contributed by atoms with Crippen molar-refractivity contribution in [3.8, 4) is 0 Å². The normalized spacial score (nSPS) is 25.4. The molecule has 1 aromatic carbocycles. The molecule has 2 aromatic rings. The average molecular weight is 440 g/mol. The number of ether oxygens (including phenoxy) is 3. The van der Waals surface area contributed by atoms with Crippen LogP contribution in [0, 0.1) is 0 Å². The first-order chi connectivity index (χ1) is 15.4. The van der Waals surface area contributed by atoms with E-state index in [1.54, 1.807) is 18.2 Å². The lowest BCUT2D eigenvalue weighted by molar-refractivity contribution is -0.125. The van der Waals surface area contributed by atoms with E-state index in [4.69, 9.17) is 14.2 Å². The van der Waals surface area contributed by atoms with E-state index >= 15 is 0 Å². The standard InChI is InChI=1S/C22H24N4O6/c1-22(6-7-22)24-21(29)31-13-9-16(30-11-13)15-10-18(26-25-15)23-19(27)17-8-12-4-2-3-5-14(12)20(28)32-17/h2-5,10,13,16-17H,6-9,11H2,1H3,(H,24,29)(H2,23,25,26,27)/t13-,16-,17-/m0/s1. The van der Waals surface area contributed by atoms with Gasteiger partial charge in [0.15, 0.2) is 11.9 Å². The molecule has 1 saturated heterocycles. The minimum Gasteiger partial charge on any atom is -0.448 e. The maximum Gasteiger partial charge on any atom is 0.407 e. The summed E-state index contributed by atoms with van der Waals surface area (Å²) < 4.78 is 16.4. The van der Waals surface area contributed by atoms with Gasteiger partial charge in [-0.15, -0.1) is 0 Å². The predicted octanol–water partition coefficient (Wildman–Crippen LogP) is 2.24. The molecule has 0 spiro atoms. The Kier molecular flexibility index (Phi) is 5.09. The number of aromatic amines is 1. The number of carbonyl (C=O) groups is 3. The van der Waals surface area contributed by atoms with Crippen LogP contribution in [0.25, 0.3) is 0 Å². The number of alkyl carbamates (subject to hydrolysis) is 1. The van der Waals surface area contributed by atoms with Crippen LogP contribution in [0.4, 0.5) is 10.6 Å². The van der Waals surface area contributed by atoms with Crippen LogP contribution in [0.15, 0.2) is 30.3 Å². The topological polar surface area (TPSA) is 132 Å². The largest absolute Gasteiger partial charge is 0.448 e. The van der Waals surface area contributed by atoms with E-state index in [1.165, 1.54) is 0 Å². The van der Waals surface area contributed by atoms with E-state index in [0.29, 0.717) is 29.9 Å². The van der Waals surface area contributed by atoms with Crippen LogP contribution >= 0.6 is 0 Å². The Balaban J connectivity index is 1.15. The number of nitrogens with one attached hydrogen (secondary N) is 3. The molecule has 1 aromatic heterocycles. The van der Waals surface area contributed by atoms with Crippen molar-refractivity contribution in [2.45, 2.75) is 56.5 Å². The number of fused-ring (bicyclic) bond motifs is 1. The van der Waals surface area contributed by atoms with Crippen molar-refractivity contribution in [1.82, 2.24) is 15.5 Å². The van der Waals surface area contributed by atoms with E-state index < -0.39 is 24.1 Å². The fraction of sp³-hybridized carbons (Fsp3) is 0.455. The van der Waals surface area contributed by atoms with Crippen LogP contribution in [0.2, 0.25) is 0 Å². The Morgan fingerprint density at radius 3 is 2.91 bits per heavy atom. The molecule has 10 heteroatoms. The highest BCUT2D eigenvalue weighted by Crippen LogP contribution is 2.35. The summed E-state index contributed by atoms with van der Waals surface area (Å²) in [4.78, 5) is 36.7. The van der Waals surface area contributed by atoms with Gasteiger partial charge in [0.2, 0.25) is 0 Å². The number of cyclic esters (lactones) is 1. The third-order valence-corrected chi connectivity index (χ3v) is 6.02. The van der Waals surface area contributed by atoms with Gasteiger partial charge in [-0.1, -0.05) is 18.2 Å². The molecular weight excluding hydrogens is 416 g/mol. The Labute approximate surface area is 184 Å². The molecule has 0 radical (unpaired) electrons. The van der Waals surface area contributed by atoms with Crippen molar-refractivity contribution < 1.29 is 28.6 Å². The molecule has 0 bridgehead atoms. The number of hydrogen-bond donors (Lipinski definition) is 3. The third kappa shape index (κ3) is 4.31. The molecule has 5 rings (SSSR count). The molecule has 2 amide bonds. The van der Waals surface area contributed by atoms with Crippen LogP contribution < -0.4 is 10.6 Å². The van der Waals surface area contributed by atoms with Gasteiger partial charge < -0.3 is 24.8 Å². The Morgan fingerprint density at radius 2 is 2.09 bits per heavy atom. The second-order valence-corrected chi connectivity index (χ2v) is 8.72. The first-order valence-electron chi connectivity index (χ1n) is 10.6. The molecule has 32 heavy (non-hydrogen) atoms. The number of amides is 2. The zero-order valence-corrected chi connectivity index (χ0v) is 17.6. The Bertz CT molecular complexity index is 1060. The minimum absolute atomic E-state index is 0.138. The fourth-order valence-corrected chi connectivity index (χ4v) is 3.89. The first-order valence-corrected chi connectivity index (χ1v) is 10.6. The molecule has 2 fully saturated rings. The summed E-state index contributed by atoms with van der Waals surface area (Å²) in [6.45, 7) is 2.27. The molecule has 168 valence electrons. The second kappa shape index (κ2) is 7.94. The van der Waals surface area contributed by atoms with E-state index in [-0.39, 0.29) is 24.4 Å². The molecule has 1 saturated carbocycles. The molecule has 1 aliphatic carbocycles. The quantitative estimate of drug-likeness (QED) is 0.608. The van der Waals surface area contributed by atoms with E-state index in [9.17, 15) is 14.4 Å². The smallest absolute Gasteiger partial charge is 0.407 e. The predicted molar refractivity (Wildman–Crippen MR) is 111 cm³/mol. The van der Waals surface area contributed by atoms with E-state index in [1.807, 2.05) is 19.1 Å². The summed E-state index contributed by atoms with van der Waals surface area (Å²) in [5.41, 5.74) is 1.78. The van der Waals surface area contributed by atoms with Gasteiger partial charge in [0, 0.05) is 24.4 Å². The van der Waals surface area contributed by atoms with Crippen LogP contribution in [0.1, 0.15) is 53.9 Å². The van der Waals surface area contributed by atoms with E-state index in [0.717, 1.165) is 18.4 Å². The number of anilines is 1. The molecule has 0 unspecified atom stereocenters. The number of H-pyrrole nitrogens is 1. The van der Waals surface area contributed by atoms with Gasteiger partial charge in [-0.25, -0.2) is 9.59 Å². The zero-order chi connectivity index (χ0) is 22.3. The Morgan fingerprint density at radius 1 is 1.28 bits per heavy atom. The molecular formula is C22H24N4O6. The van der Waals surface area contributed by atoms with Crippen LogP contribution in [-0.4, -0.2) is 52.5 Å². The van der Waals surface area contributed by atoms with E-state index in [2.05, 4.69) is 20.8 Å². The van der Waals surface area contributed by atoms with Crippen molar-refractivity contribution in [2.24, 2.45) is 0 Å². The Hall–Kier alpha value is -3.40. The van der Waals surface area contributed by atoms with Gasteiger partial charge in [-0.05, 0) is 31.4 Å². The number of aromatic nitrogens is 2.